The monoisotopic (exact) mass is 230 g/mol. The van der Waals surface area contributed by atoms with Crippen molar-refractivity contribution >= 4 is 16.6 Å². The topological polar surface area (TPSA) is 37.0 Å². The first-order valence-corrected chi connectivity index (χ1v) is 6.24. The van der Waals surface area contributed by atoms with Gasteiger partial charge in [-0.05, 0) is 37.6 Å². The van der Waals surface area contributed by atoms with Crippen molar-refractivity contribution in [2.24, 2.45) is 5.92 Å². The molecule has 0 saturated carbocycles. The highest BCUT2D eigenvalue weighted by Gasteiger charge is 2.21. The molecule has 1 aromatic heterocycles. The van der Waals surface area contributed by atoms with Crippen molar-refractivity contribution in [3.63, 3.8) is 0 Å². The number of hydrogen-bond donors (Lipinski definition) is 2. The highest BCUT2D eigenvalue weighted by Crippen LogP contribution is 2.22. The van der Waals surface area contributed by atoms with Crippen LogP contribution >= 0.6 is 0 Å². The normalized spacial score (nSPS) is 21.8. The van der Waals surface area contributed by atoms with E-state index >= 15 is 0 Å². The standard InChI is InChI=1S/C14H18N2O/c1-10(12-5-7-17-9-12)16-13-2-3-14-11(8-13)4-6-15-14/h2-4,6,8,10,12,15-16H,5,7,9H2,1H3. The summed E-state index contributed by atoms with van der Waals surface area (Å²) in [6.45, 7) is 4.04. The van der Waals surface area contributed by atoms with Gasteiger partial charge in [0.25, 0.3) is 0 Å². The molecule has 2 heterocycles. The van der Waals surface area contributed by atoms with E-state index in [1.54, 1.807) is 0 Å². The molecule has 0 amide bonds. The van der Waals surface area contributed by atoms with E-state index in [1.165, 1.54) is 23.0 Å². The number of nitrogens with one attached hydrogen (secondary N) is 2. The molecule has 1 fully saturated rings. The van der Waals surface area contributed by atoms with Crippen LogP contribution in [0.1, 0.15) is 13.3 Å². The van der Waals surface area contributed by atoms with Crippen LogP contribution in [0.2, 0.25) is 0 Å². The van der Waals surface area contributed by atoms with Crippen molar-refractivity contribution in [3.8, 4) is 0 Å². The highest BCUT2D eigenvalue weighted by atomic mass is 16.5. The molecule has 1 aromatic carbocycles. The van der Waals surface area contributed by atoms with Crippen LogP contribution in [0.15, 0.2) is 30.5 Å². The highest BCUT2D eigenvalue weighted by molar-refractivity contribution is 5.83. The molecule has 1 aliphatic heterocycles. The fraction of sp³-hybridized carbons (Fsp3) is 0.429. The van der Waals surface area contributed by atoms with E-state index in [1.807, 2.05) is 6.20 Å². The quantitative estimate of drug-likeness (QED) is 0.850. The van der Waals surface area contributed by atoms with Gasteiger partial charge in [-0.2, -0.15) is 0 Å². The molecule has 2 aromatic rings. The Morgan fingerprint density at radius 1 is 1.41 bits per heavy atom. The van der Waals surface area contributed by atoms with Crippen molar-refractivity contribution in [1.29, 1.82) is 0 Å². The molecule has 3 nitrogen and oxygen atoms in total. The molecule has 0 radical (unpaired) electrons. The smallest absolute Gasteiger partial charge is 0.0514 e. The number of hydrogen-bond acceptors (Lipinski definition) is 2. The van der Waals surface area contributed by atoms with Gasteiger partial charge in [-0.3, -0.25) is 0 Å². The number of ether oxygens (including phenoxy) is 1. The fourth-order valence-electron chi connectivity index (χ4n) is 2.47. The average Bonchev–Trinajstić information content (AvgIpc) is 2.99. The van der Waals surface area contributed by atoms with Crippen molar-refractivity contribution < 1.29 is 4.74 Å². The Morgan fingerprint density at radius 3 is 3.18 bits per heavy atom. The average molecular weight is 230 g/mol. The van der Waals surface area contributed by atoms with E-state index in [2.05, 4.69) is 41.5 Å². The zero-order valence-corrected chi connectivity index (χ0v) is 10.1. The van der Waals surface area contributed by atoms with Crippen LogP contribution < -0.4 is 5.32 Å². The summed E-state index contributed by atoms with van der Waals surface area (Å²) in [5.74, 6) is 0.636. The Hall–Kier alpha value is -1.48. The maximum atomic E-state index is 5.43. The second-order valence-electron chi connectivity index (χ2n) is 4.84. The number of aromatic nitrogens is 1. The first-order chi connectivity index (χ1) is 8.33. The lowest BCUT2D eigenvalue weighted by atomic mass is 10.0. The first kappa shape index (κ1) is 10.7. The summed E-state index contributed by atoms with van der Waals surface area (Å²) in [6, 6.07) is 9.01. The molecule has 2 unspecified atom stereocenters. The summed E-state index contributed by atoms with van der Waals surface area (Å²) in [7, 11) is 0. The molecule has 2 N–H and O–H groups in total. The summed E-state index contributed by atoms with van der Waals surface area (Å²) < 4.78 is 5.43. The third-order valence-corrected chi connectivity index (χ3v) is 3.62. The largest absolute Gasteiger partial charge is 0.382 e. The number of rotatable bonds is 3. The molecule has 3 rings (SSSR count). The number of H-pyrrole nitrogens is 1. The van der Waals surface area contributed by atoms with Gasteiger partial charge in [-0.1, -0.05) is 0 Å². The lowest BCUT2D eigenvalue weighted by molar-refractivity contribution is 0.183. The summed E-state index contributed by atoms with van der Waals surface area (Å²) in [6.07, 6.45) is 3.14. The van der Waals surface area contributed by atoms with Crippen molar-refractivity contribution in [2.45, 2.75) is 19.4 Å². The Balaban J connectivity index is 1.74. The van der Waals surface area contributed by atoms with E-state index in [0.717, 1.165) is 13.2 Å². The zero-order chi connectivity index (χ0) is 11.7. The summed E-state index contributed by atoms with van der Waals surface area (Å²) in [5.41, 5.74) is 2.38. The van der Waals surface area contributed by atoms with E-state index in [4.69, 9.17) is 4.74 Å². The van der Waals surface area contributed by atoms with Gasteiger partial charge < -0.3 is 15.0 Å². The molecule has 1 saturated heterocycles. The molecular weight excluding hydrogens is 212 g/mol. The maximum Gasteiger partial charge on any atom is 0.0514 e. The van der Waals surface area contributed by atoms with Gasteiger partial charge in [-0.15, -0.1) is 0 Å². The number of aromatic amines is 1. The van der Waals surface area contributed by atoms with E-state index in [-0.39, 0.29) is 0 Å². The minimum atomic E-state index is 0.467. The van der Waals surface area contributed by atoms with Crippen LogP contribution in [0.4, 0.5) is 5.69 Å². The van der Waals surface area contributed by atoms with Crippen molar-refractivity contribution in [1.82, 2.24) is 4.98 Å². The second-order valence-corrected chi connectivity index (χ2v) is 4.84. The van der Waals surface area contributed by atoms with E-state index in [0.29, 0.717) is 12.0 Å². The number of anilines is 1. The molecule has 17 heavy (non-hydrogen) atoms. The predicted octanol–water partition coefficient (Wildman–Crippen LogP) is 3.00. The predicted molar refractivity (Wildman–Crippen MR) is 70.3 cm³/mol. The summed E-state index contributed by atoms with van der Waals surface area (Å²) >= 11 is 0. The zero-order valence-electron chi connectivity index (χ0n) is 10.1. The van der Waals surface area contributed by atoms with Gasteiger partial charge in [0.2, 0.25) is 0 Å². The van der Waals surface area contributed by atoms with Gasteiger partial charge >= 0.3 is 0 Å². The van der Waals surface area contributed by atoms with Gasteiger partial charge in [0.15, 0.2) is 0 Å². The number of fused-ring (bicyclic) bond motifs is 1. The molecular formula is C14H18N2O. The van der Waals surface area contributed by atoms with Crippen molar-refractivity contribution in [3.05, 3.63) is 30.5 Å². The molecule has 0 bridgehead atoms. The lowest BCUT2D eigenvalue weighted by Gasteiger charge is -2.20. The molecule has 0 aliphatic carbocycles. The van der Waals surface area contributed by atoms with Gasteiger partial charge in [-0.25, -0.2) is 0 Å². The van der Waals surface area contributed by atoms with Crippen LogP contribution in [0.3, 0.4) is 0 Å². The Morgan fingerprint density at radius 2 is 2.35 bits per heavy atom. The second kappa shape index (κ2) is 4.41. The summed E-state index contributed by atoms with van der Waals surface area (Å²) in [5, 5.41) is 4.83. The Bertz CT molecular complexity index is 500. The van der Waals surface area contributed by atoms with Gasteiger partial charge in [0.1, 0.15) is 0 Å². The van der Waals surface area contributed by atoms with Crippen LogP contribution in [-0.4, -0.2) is 24.2 Å². The number of benzene rings is 1. The maximum absolute atomic E-state index is 5.43. The van der Waals surface area contributed by atoms with E-state index < -0.39 is 0 Å². The Labute approximate surface area is 101 Å². The molecule has 0 spiro atoms. The molecule has 1 aliphatic rings. The molecule has 2 atom stereocenters. The minimum Gasteiger partial charge on any atom is -0.382 e. The van der Waals surface area contributed by atoms with E-state index in [9.17, 15) is 0 Å². The van der Waals surface area contributed by atoms with Gasteiger partial charge in [0, 0.05) is 41.4 Å². The summed E-state index contributed by atoms with van der Waals surface area (Å²) in [4.78, 5) is 3.21. The molecule has 90 valence electrons. The first-order valence-electron chi connectivity index (χ1n) is 6.24. The van der Waals surface area contributed by atoms with Gasteiger partial charge in [0.05, 0.1) is 6.61 Å². The van der Waals surface area contributed by atoms with Crippen LogP contribution in [-0.2, 0) is 4.74 Å². The van der Waals surface area contributed by atoms with Crippen LogP contribution in [0, 0.1) is 5.92 Å². The SMILES string of the molecule is CC(Nc1ccc2[nH]ccc2c1)C1CCOC1. The minimum absolute atomic E-state index is 0.467. The third kappa shape index (κ3) is 2.15. The lowest BCUT2D eigenvalue weighted by Crippen LogP contribution is -2.25. The van der Waals surface area contributed by atoms with Crippen LogP contribution in [0.5, 0.6) is 0 Å². The van der Waals surface area contributed by atoms with Crippen molar-refractivity contribution in [2.75, 3.05) is 18.5 Å². The molecule has 3 heteroatoms. The fourth-order valence-corrected chi connectivity index (χ4v) is 2.47. The third-order valence-electron chi connectivity index (χ3n) is 3.62. The Kier molecular flexibility index (Phi) is 2.77. The van der Waals surface area contributed by atoms with Crippen LogP contribution in [0.25, 0.3) is 10.9 Å².